The molecule has 40 heavy (non-hydrogen) atoms. The van der Waals surface area contributed by atoms with Crippen LogP contribution in [0.3, 0.4) is 0 Å². The van der Waals surface area contributed by atoms with Crippen LogP contribution < -0.4 is 27.4 Å². The van der Waals surface area contributed by atoms with Gasteiger partial charge in [0.2, 0.25) is 23.6 Å². The van der Waals surface area contributed by atoms with Gasteiger partial charge in [0, 0.05) is 35.4 Å². The Hall–Kier alpha value is -4.72. The van der Waals surface area contributed by atoms with Crippen molar-refractivity contribution in [1.29, 1.82) is 0 Å². The lowest BCUT2D eigenvalue weighted by Crippen LogP contribution is -2.59. The molecule has 0 saturated carbocycles. The molecule has 3 aromatic rings. The number of para-hydroxylation sites is 1. The van der Waals surface area contributed by atoms with Gasteiger partial charge in [0.25, 0.3) is 0 Å². The van der Waals surface area contributed by atoms with Crippen molar-refractivity contribution in [2.75, 3.05) is 0 Å². The van der Waals surface area contributed by atoms with Gasteiger partial charge >= 0.3 is 5.97 Å². The minimum Gasteiger partial charge on any atom is -0.480 e. The predicted molar refractivity (Wildman–Crippen MR) is 144 cm³/mol. The van der Waals surface area contributed by atoms with Crippen LogP contribution in [0.4, 0.5) is 0 Å². The molecular weight excluding hydrogens is 520 g/mol. The van der Waals surface area contributed by atoms with Crippen LogP contribution >= 0.6 is 0 Å². The number of benzene rings is 1. The highest BCUT2D eigenvalue weighted by Crippen LogP contribution is 2.19. The number of hydrogen-bond donors (Lipinski definition) is 8. The van der Waals surface area contributed by atoms with Gasteiger partial charge < -0.3 is 42.5 Å². The molecule has 0 aliphatic rings. The molecular formula is C26H34N8O6. The van der Waals surface area contributed by atoms with Crippen LogP contribution in [0, 0.1) is 5.92 Å². The number of aromatic amines is 2. The highest BCUT2D eigenvalue weighted by molar-refractivity contribution is 5.95. The molecule has 2 heterocycles. The highest BCUT2D eigenvalue weighted by Gasteiger charge is 2.32. The van der Waals surface area contributed by atoms with Gasteiger partial charge in [-0.3, -0.25) is 19.2 Å². The molecule has 10 N–H and O–H groups in total. The topological polar surface area (TPSA) is 238 Å². The zero-order valence-corrected chi connectivity index (χ0v) is 22.1. The summed E-state index contributed by atoms with van der Waals surface area (Å²) in [5.74, 6) is -4.86. The summed E-state index contributed by atoms with van der Waals surface area (Å²) < 4.78 is 0. The van der Waals surface area contributed by atoms with Crippen molar-refractivity contribution in [3.05, 3.63) is 54.2 Å². The number of primary amides is 1. The number of rotatable bonds is 14. The maximum Gasteiger partial charge on any atom is 0.326 e. The number of carboxylic acids is 1. The average molecular weight is 555 g/mol. The third kappa shape index (κ3) is 7.89. The Labute approximate surface area is 229 Å². The van der Waals surface area contributed by atoms with Crippen molar-refractivity contribution in [1.82, 2.24) is 30.9 Å². The summed E-state index contributed by atoms with van der Waals surface area (Å²) >= 11 is 0. The van der Waals surface area contributed by atoms with Crippen LogP contribution in [0.15, 0.2) is 43.0 Å². The molecule has 3 rings (SSSR count). The number of nitrogens with zero attached hydrogens (tertiary/aromatic N) is 1. The third-order valence-electron chi connectivity index (χ3n) is 6.33. The summed E-state index contributed by atoms with van der Waals surface area (Å²) in [4.78, 5) is 71.9. The number of carbonyl (C=O) groups is 5. The number of carboxylic acid groups (broad SMARTS) is 1. The van der Waals surface area contributed by atoms with E-state index in [9.17, 15) is 29.1 Å². The number of nitrogens with two attached hydrogens (primary N) is 2. The lowest BCUT2D eigenvalue weighted by Gasteiger charge is -2.26. The van der Waals surface area contributed by atoms with Gasteiger partial charge in [-0.15, -0.1) is 0 Å². The van der Waals surface area contributed by atoms with Crippen molar-refractivity contribution >= 4 is 40.5 Å². The van der Waals surface area contributed by atoms with E-state index in [2.05, 4.69) is 30.9 Å². The van der Waals surface area contributed by atoms with Crippen molar-refractivity contribution in [3.63, 3.8) is 0 Å². The van der Waals surface area contributed by atoms with Crippen molar-refractivity contribution in [3.8, 4) is 0 Å². The molecule has 0 fully saturated rings. The number of amides is 4. The molecule has 2 aromatic heterocycles. The summed E-state index contributed by atoms with van der Waals surface area (Å²) in [6, 6.07) is 2.73. The fourth-order valence-corrected chi connectivity index (χ4v) is 4.19. The number of fused-ring (bicyclic) bond motifs is 1. The number of nitrogens with one attached hydrogen (secondary N) is 5. The summed E-state index contributed by atoms with van der Waals surface area (Å²) in [6.07, 6.45) is 4.13. The van der Waals surface area contributed by atoms with E-state index >= 15 is 0 Å². The molecule has 0 aliphatic carbocycles. The molecule has 4 amide bonds. The number of imidazole rings is 1. The number of carbonyl (C=O) groups excluding carboxylic acids is 4. The van der Waals surface area contributed by atoms with Crippen molar-refractivity contribution in [2.45, 2.75) is 57.3 Å². The first-order valence-electron chi connectivity index (χ1n) is 12.7. The van der Waals surface area contributed by atoms with Crippen LogP contribution in [0.25, 0.3) is 10.9 Å². The van der Waals surface area contributed by atoms with Gasteiger partial charge in [-0.2, -0.15) is 0 Å². The number of aromatic nitrogens is 3. The van der Waals surface area contributed by atoms with E-state index in [0.717, 1.165) is 16.5 Å². The number of H-pyrrole nitrogens is 2. The smallest absolute Gasteiger partial charge is 0.326 e. The second-order valence-corrected chi connectivity index (χ2v) is 9.81. The van der Waals surface area contributed by atoms with E-state index in [1.807, 2.05) is 24.3 Å². The largest absolute Gasteiger partial charge is 0.480 e. The Morgan fingerprint density at radius 3 is 2.27 bits per heavy atom. The summed E-state index contributed by atoms with van der Waals surface area (Å²) in [5, 5.41) is 17.8. The van der Waals surface area contributed by atoms with E-state index in [4.69, 9.17) is 11.5 Å². The standard InChI is InChI=1S/C26H34N8O6/c1-13(2)22(34-23(36)17(27)7-14-10-30-18-6-4-3-5-16(14)18)25(38)32-19(8-15-11-29-12-31-15)24(37)33-20(26(39)40)9-21(28)35/h3-6,10-13,17,19-20,22,30H,7-9,27H2,1-2H3,(H2,28,35)(H,29,31)(H,32,38)(H,33,37)(H,34,36)(H,39,40). The Kier molecular flexibility index (Phi) is 9.97. The molecule has 214 valence electrons. The maximum absolute atomic E-state index is 13.3. The van der Waals surface area contributed by atoms with E-state index in [1.165, 1.54) is 12.5 Å². The molecule has 1 aromatic carbocycles. The molecule has 4 atom stereocenters. The quantitative estimate of drug-likeness (QED) is 0.124. The molecule has 0 aliphatic heterocycles. The maximum atomic E-state index is 13.3. The van der Waals surface area contributed by atoms with Gasteiger partial charge in [-0.1, -0.05) is 32.0 Å². The van der Waals surface area contributed by atoms with Gasteiger partial charge in [0.1, 0.15) is 18.1 Å². The summed E-state index contributed by atoms with van der Waals surface area (Å²) in [7, 11) is 0. The fraction of sp³-hybridized carbons (Fsp3) is 0.385. The van der Waals surface area contributed by atoms with Crippen molar-refractivity contribution < 1.29 is 29.1 Å². The molecule has 0 spiro atoms. The first kappa shape index (κ1) is 29.8. The SMILES string of the molecule is CC(C)C(NC(=O)C(N)Cc1c[nH]c2ccccc12)C(=O)NC(Cc1cnc[nH]1)C(=O)NC(CC(N)=O)C(=O)O. The van der Waals surface area contributed by atoms with E-state index < -0.39 is 60.2 Å². The number of aliphatic carboxylic acids is 1. The van der Waals surface area contributed by atoms with Crippen LogP contribution in [0.1, 0.15) is 31.5 Å². The molecule has 0 saturated heterocycles. The lowest BCUT2D eigenvalue weighted by molar-refractivity contribution is -0.143. The Bertz CT molecular complexity index is 1350. The van der Waals surface area contributed by atoms with E-state index in [0.29, 0.717) is 5.69 Å². The second kappa shape index (κ2) is 13.4. The monoisotopic (exact) mass is 554 g/mol. The Balaban J connectivity index is 1.71. The minimum absolute atomic E-state index is 0.0701. The van der Waals surface area contributed by atoms with Crippen LogP contribution in [-0.4, -0.2) is 73.8 Å². The van der Waals surface area contributed by atoms with Crippen molar-refractivity contribution in [2.24, 2.45) is 17.4 Å². The van der Waals surface area contributed by atoms with Crippen LogP contribution in [0.5, 0.6) is 0 Å². The van der Waals surface area contributed by atoms with Gasteiger partial charge in [-0.05, 0) is 24.0 Å². The minimum atomic E-state index is -1.59. The molecule has 14 heteroatoms. The normalized spacial score (nSPS) is 14.2. The molecule has 0 radical (unpaired) electrons. The highest BCUT2D eigenvalue weighted by atomic mass is 16.4. The molecule has 0 bridgehead atoms. The third-order valence-corrected chi connectivity index (χ3v) is 6.33. The van der Waals surface area contributed by atoms with E-state index in [-0.39, 0.29) is 18.8 Å². The van der Waals surface area contributed by atoms with Gasteiger partial charge in [-0.25, -0.2) is 9.78 Å². The molecule has 14 nitrogen and oxygen atoms in total. The van der Waals surface area contributed by atoms with E-state index in [1.54, 1.807) is 20.0 Å². The zero-order chi connectivity index (χ0) is 29.4. The Morgan fingerprint density at radius 2 is 1.65 bits per heavy atom. The number of hydrogen-bond acceptors (Lipinski definition) is 7. The average Bonchev–Trinajstić information content (AvgIpc) is 3.55. The Morgan fingerprint density at radius 1 is 0.950 bits per heavy atom. The molecule has 4 unspecified atom stereocenters. The first-order valence-corrected chi connectivity index (χ1v) is 12.7. The predicted octanol–water partition coefficient (Wildman–Crippen LogP) is -0.926. The first-order chi connectivity index (χ1) is 19.0. The zero-order valence-electron chi connectivity index (χ0n) is 22.1. The van der Waals surface area contributed by atoms with Gasteiger partial charge in [0.15, 0.2) is 0 Å². The summed E-state index contributed by atoms with van der Waals surface area (Å²) in [6.45, 7) is 3.43. The summed E-state index contributed by atoms with van der Waals surface area (Å²) in [5.41, 5.74) is 13.5. The van der Waals surface area contributed by atoms with Gasteiger partial charge in [0.05, 0.1) is 18.8 Å². The van der Waals surface area contributed by atoms with Crippen LogP contribution in [-0.2, 0) is 36.8 Å². The lowest BCUT2D eigenvalue weighted by atomic mass is 10.00. The fourth-order valence-electron chi connectivity index (χ4n) is 4.19. The second-order valence-electron chi connectivity index (χ2n) is 9.81. The van der Waals surface area contributed by atoms with Crippen LogP contribution in [0.2, 0.25) is 0 Å².